The Labute approximate surface area is 250 Å². The monoisotopic (exact) mass is 590 g/mol. The minimum Gasteiger partial charge on any atom is -0.463 e. The smallest absolute Gasteiger partial charge is 0.234 e. The summed E-state index contributed by atoms with van der Waals surface area (Å²) in [5, 5.41) is 16.8. The summed E-state index contributed by atoms with van der Waals surface area (Å²) in [5.41, 5.74) is 8.47. The predicted molar refractivity (Wildman–Crippen MR) is 161 cm³/mol. The van der Waals surface area contributed by atoms with Crippen LogP contribution in [0.5, 0.6) is 5.88 Å². The molecule has 3 N–H and O–H groups in total. The summed E-state index contributed by atoms with van der Waals surface area (Å²) in [6, 6.07) is 10.3. The Morgan fingerprint density at radius 3 is 2.74 bits per heavy atom. The molecular weight excluding hydrogens is 551 g/mol. The largest absolute Gasteiger partial charge is 0.463 e. The van der Waals surface area contributed by atoms with Crippen LogP contribution < -0.4 is 10.5 Å². The molecule has 0 aliphatic heterocycles. The molecular formula is C33H39FN4O3S. The number of aliphatic hydroxyl groups excluding tert-OH is 1. The number of carbonyl (C=O) groups excluding carboxylic acids is 1. The molecule has 3 fully saturated rings. The van der Waals surface area contributed by atoms with Gasteiger partial charge in [-0.1, -0.05) is 31.2 Å². The Balaban J connectivity index is 1.24. The molecule has 2 heterocycles. The lowest BCUT2D eigenvalue weighted by molar-refractivity contribution is -0.168. The van der Waals surface area contributed by atoms with E-state index in [2.05, 4.69) is 19.9 Å². The number of aromatic nitrogens is 3. The van der Waals surface area contributed by atoms with Gasteiger partial charge in [0.15, 0.2) is 11.5 Å². The first-order valence-corrected chi connectivity index (χ1v) is 16.0. The number of carbonyl (C=O) groups is 1. The SMILES string of the molecule is Cn1cccc1O[C@]1(C(=O)SCN)CC[C@H]2[C@@H]3CCC4=Cc5c(cnn5-c5ccc(F)cc5)C[C@]4(C)[C@H]3[C@@H](O)C[C@@]21C. The van der Waals surface area contributed by atoms with Crippen LogP contribution in [0.15, 0.2) is 54.4 Å². The van der Waals surface area contributed by atoms with E-state index in [1.807, 2.05) is 40.8 Å². The van der Waals surface area contributed by atoms with Crippen molar-refractivity contribution in [3.05, 3.63) is 71.4 Å². The minimum atomic E-state index is -1.05. The fourth-order valence-corrected chi connectivity index (χ4v) is 10.2. The Kier molecular flexibility index (Phi) is 6.53. The summed E-state index contributed by atoms with van der Waals surface area (Å²) < 4.78 is 24.2. The molecule has 9 heteroatoms. The first-order valence-electron chi connectivity index (χ1n) is 15.0. The van der Waals surface area contributed by atoms with Gasteiger partial charge in [-0.15, -0.1) is 0 Å². The standard InChI is InChI=1S/C33H39FN4O3S/c1-31-16-20-18-36-38(23-9-7-22(34)8-10-23)26(20)15-21(31)6-11-24-25-12-13-33(30(40)42-19-35,41-28-5-4-14-37(28)3)32(25,2)17-27(39)29(24)31/h4-5,7-10,14-15,18,24-25,27,29,39H,6,11-13,16-17,19,35H2,1-3H3/t24-,25-,27-,29+,31-,32-,33-/m0/s1. The molecule has 0 radical (unpaired) electrons. The molecule has 0 unspecified atom stereocenters. The molecule has 0 spiro atoms. The van der Waals surface area contributed by atoms with Gasteiger partial charge in [-0.05, 0) is 110 Å². The van der Waals surface area contributed by atoms with Crippen LogP contribution in [-0.2, 0) is 18.3 Å². The van der Waals surface area contributed by atoms with Crippen molar-refractivity contribution in [2.45, 2.75) is 64.1 Å². The third kappa shape index (κ3) is 3.85. The van der Waals surface area contributed by atoms with Crippen LogP contribution in [-0.4, -0.2) is 42.2 Å². The van der Waals surface area contributed by atoms with Crippen LogP contribution >= 0.6 is 11.8 Å². The Morgan fingerprint density at radius 2 is 2.02 bits per heavy atom. The van der Waals surface area contributed by atoms with Crippen LogP contribution in [0.1, 0.15) is 57.2 Å². The number of fused-ring (bicyclic) bond motifs is 6. The summed E-state index contributed by atoms with van der Waals surface area (Å²) in [7, 11) is 1.93. The number of hydrogen-bond acceptors (Lipinski definition) is 6. The summed E-state index contributed by atoms with van der Waals surface area (Å²) in [6.07, 6.45) is 10.2. The second-order valence-electron chi connectivity index (χ2n) is 13.3. The summed E-state index contributed by atoms with van der Waals surface area (Å²) in [6.45, 7) is 4.50. The maximum atomic E-state index is 13.9. The van der Waals surface area contributed by atoms with Gasteiger partial charge in [-0.3, -0.25) is 4.79 Å². The van der Waals surface area contributed by atoms with E-state index in [0.717, 1.165) is 54.4 Å². The van der Waals surface area contributed by atoms with E-state index in [9.17, 15) is 14.3 Å². The van der Waals surface area contributed by atoms with E-state index < -0.39 is 17.1 Å². The van der Waals surface area contributed by atoms with E-state index in [1.165, 1.54) is 17.7 Å². The second kappa shape index (κ2) is 9.82. The Morgan fingerprint density at radius 1 is 1.24 bits per heavy atom. The van der Waals surface area contributed by atoms with Gasteiger partial charge >= 0.3 is 0 Å². The molecule has 3 saturated carbocycles. The van der Waals surface area contributed by atoms with Crippen molar-refractivity contribution >= 4 is 23.0 Å². The van der Waals surface area contributed by atoms with Crippen LogP contribution in [0.3, 0.4) is 0 Å². The van der Waals surface area contributed by atoms with Gasteiger partial charge in [0.05, 0.1) is 23.7 Å². The molecule has 4 aliphatic rings. The molecule has 0 saturated heterocycles. The molecule has 4 aliphatic carbocycles. The van der Waals surface area contributed by atoms with Gasteiger partial charge < -0.3 is 20.1 Å². The first-order chi connectivity index (χ1) is 20.1. The van der Waals surface area contributed by atoms with Crippen molar-refractivity contribution < 1.29 is 19.0 Å². The average molecular weight is 591 g/mol. The van der Waals surface area contributed by atoms with Gasteiger partial charge in [0.25, 0.3) is 0 Å². The topological polar surface area (TPSA) is 95.3 Å². The van der Waals surface area contributed by atoms with Crippen molar-refractivity contribution in [2.75, 3.05) is 5.88 Å². The maximum Gasteiger partial charge on any atom is 0.234 e. The van der Waals surface area contributed by atoms with Crippen molar-refractivity contribution in [2.24, 2.45) is 41.4 Å². The number of aliphatic hydroxyl groups is 1. The number of allylic oxidation sites excluding steroid dienone is 1. The number of nitrogens with zero attached hydrogens (tertiary/aromatic N) is 3. The molecule has 3 aromatic rings. The number of ether oxygens (including phenoxy) is 1. The highest BCUT2D eigenvalue weighted by molar-refractivity contribution is 8.13. The summed E-state index contributed by atoms with van der Waals surface area (Å²) in [5.74, 6) is 1.18. The van der Waals surface area contributed by atoms with Crippen LogP contribution in [0.2, 0.25) is 0 Å². The number of hydrogen-bond donors (Lipinski definition) is 2. The van der Waals surface area contributed by atoms with Gasteiger partial charge in [0.2, 0.25) is 5.12 Å². The number of nitrogens with two attached hydrogens (primary N) is 1. The Bertz CT molecular complexity index is 1570. The number of aryl methyl sites for hydroxylation is 1. The molecule has 1 aromatic carbocycles. The van der Waals surface area contributed by atoms with Crippen LogP contribution in [0.4, 0.5) is 4.39 Å². The van der Waals surface area contributed by atoms with E-state index >= 15 is 0 Å². The average Bonchev–Trinajstić information content (AvgIpc) is 3.63. The molecule has 7 rings (SSSR count). The molecule has 7 atom stereocenters. The van der Waals surface area contributed by atoms with Crippen LogP contribution in [0.25, 0.3) is 11.8 Å². The Hall–Kier alpha value is -2.88. The number of halogens is 1. The lowest BCUT2D eigenvalue weighted by Crippen LogP contribution is -2.63. The van der Waals surface area contributed by atoms with Crippen molar-refractivity contribution in [3.63, 3.8) is 0 Å². The maximum absolute atomic E-state index is 13.9. The number of thioether (sulfide) groups is 1. The van der Waals surface area contributed by atoms with Crippen molar-refractivity contribution in [1.29, 1.82) is 0 Å². The zero-order chi connectivity index (χ0) is 29.4. The third-order valence-corrected chi connectivity index (χ3v) is 12.1. The lowest BCUT2D eigenvalue weighted by Gasteiger charge is -2.60. The predicted octanol–water partition coefficient (Wildman–Crippen LogP) is 5.50. The zero-order valence-corrected chi connectivity index (χ0v) is 25.2. The van der Waals surface area contributed by atoms with Gasteiger partial charge in [-0.2, -0.15) is 5.10 Å². The molecule has 222 valence electrons. The molecule has 42 heavy (non-hydrogen) atoms. The van der Waals surface area contributed by atoms with Gasteiger partial charge in [0, 0.05) is 24.5 Å². The fraction of sp³-hybridized carbons (Fsp3) is 0.515. The fourth-order valence-electron chi connectivity index (χ4n) is 9.43. The van der Waals surface area contributed by atoms with E-state index in [4.69, 9.17) is 15.6 Å². The summed E-state index contributed by atoms with van der Waals surface area (Å²) in [4.78, 5) is 13.9. The van der Waals surface area contributed by atoms with Crippen molar-refractivity contribution in [1.82, 2.24) is 14.3 Å². The quantitative estimate of drug-likeness (QED) is 0.382. The minimum absolute atomic E-state index is 0.0278. The van der Waals surface area contributed by atoms with Crippen molar-refractivity contribution in [3.8, 4) is 11.6 Å². The third-order valence-electron chi connectivity index (χ3n) is 11.3. The molecule has 7 nitrogen and oxygen atoms in total. The molecule has 0 bridgehead atoms. The van der Waals surface area contributed by atoms with Gasteiger partial charge in [-0.25, -0.2) is 9.07 Å². The first kappa shape index (κ1) is 27.9. The zero-order valence-electron chi connectivity index (χ0n) is 24.4. The molecule has 2 aromatic heterocycles. The van der Waals surface area contributed by atoms with E-state index in [1.54, 1.807) is 12.1 Å². The second-order valence-corrected chi connectivity index (χ2v) is 14.2. The highest BCUT2D eigenvalue weighted by Gasteiger charge is 2.70. The lowest BCUT2D eigenvalue weighted by atomic mass is 9.45. The van der Waals surface area contributed by atoms with E-state index in [-0.39, 0.29) is 40.0 Å². The van der Waals surface area contributed by atoms with Crippen LogP contribution in [0, 0.1) is 34.4 Å². The van der Waals surface area contributed by atoms with E-state index in [0.29, 0.717) is 18.7 Å². The summed E-state index contributed by atoms with van der Waals surface area (Å²) >= 11 is 1.13. The number of benzene rings is 1. The van der Waals surface area contributed by atoms with Gasteiger partial charge in [0.1, 0.15) is 5.82 Å². The normalized spacial score (nSPS) is 35.0. The highest BCUT2D eigenvalue weighted by atomic mass is 32.2. The highest BCUT2D eigenvalue weighted by Crippen LogP contribution is 2.68. The molecule has 0 amide bonds. The number of rotatable bonds is 5.